The fourth-order valence-electron chi connectivity index (χ4n) is 3.41. The standard InChI is InChI=1S/C17H20N4O3/c1-12-3-2-4-15-18-14-5-6-20(11-13(14)16(22)21(12)15)17(23)19-7-9-24-10-8-19/h2-4H,5-11H2,1H3. The van der Waals surface area contributed by atoms with Crippen LogP contribution in [0.1, 0.15) is 17.0 Å². The van der Waals surface area contributed by atoms with Gasteiger partial charge in [0.1, 0.15) is 5.65 Å². The SMILES string of the molecule is Cc1cccc2nc3c(c(=O)n12)CN(C(=O)N1CCOCC1)CC3. The largest absolute Gasteiger partial charge is 0.378 e. The van der Waals surface area contributed by atoms with Gasteiger partial charge in [0.15, 0.2) is 0 Å². The monoisotopic (exact) mass is 328 g/mol. The van der Waals surface area contributed by atoms with Crippen molar-refractivity contribution < 1.29 is 9.53 Å². The molecule has 2 aromatic rings. The molecule has 2 aromatic heterocycles. The van der Waals surface area contributed by atoms with E-state index >= 15 is 0 Å². The summed E-state index contributed by atoms with van der Waals surface area (Å²) in [6.07, 6.45) is 0.616. The number of urea groups is 1. The van der Waals surface area contributed by atoms with Crippen LogP contribution in [0.5, 0.6) is 0 Å². The Labute approximate surface area is 139 Å². The Kier molecular flexibility index (Phi) is 3.72. The van der Waals surface area contributed by atoms with E-state index in [4.69, 9.17) is 4.74 Å². The molecule has 1 saturated heterocycles. The first-order valence-electron chi connectivity index (χ1n) is 8.27. The summed E-state index contributed by atoms with van der Waals surface area (Å²) in [6, 6.07) is 5.63. The van der Waals surface area contributed by atoms with Gasteiger partial charge in [0, 0.05) is 31.7 Å². The van der Waals surface area contributed by atoms with Gasteiger partial charge in [-0.05, 0) is 19.1 Å². The number of morpholine rings is 1. The van der Waals surface area contributed by atoms with Gasteiger partial charge in [-0.15, -0.1) is 0 Å². The number of aromatic nitrogens is 2. The zero-order chi connectivity index (χ0) is 16.7. The van der Waals surface area contributed by atoms with E-state index in [9.17, 15) is 9.59 Å². The minimum atomic E-state index is -0.0624. The summed E-state index contributed by atoms with van der Waals surface area (Å²) in [5.41, 5.74) is 2.91. The van der Waals surface area contributed by atoms with Crippen molar-refractivity contribution in [3.8, 4) is 0 Å². The van der Waals surface area contributed by atoms with Gasteiger partial charge in [-0.2, -0.15) is 0 Å². The number of rotatable bonds is 0. The van der Waals surface area contributed by atoms with Crippen LogP contribution in [0.3, 0.4) is 0 Å². The first-order chi connectivity index (χ1) is 11.6. The van der Waals surface area contributed by atoms with Gasteiger partial charge in [-0.25, -0.2) is 9.78 Å². The number of hydrogen-bond donors (Lipinski definition) is 0. The summed E-state index contributed by atoms with van der Waals surface area (Å²) in [5, 5.41) is 0. The zero-order valence-corrected chi connectivity index (χ0v) is 13.7. The Bertz CT molecular complexity index is 855. The number of amides is 2. The van der Waals surface area contributed by atoms with Crippen molar-refractivity contribution in [2.24, 2.45) is 0 Å². The van der Waals surface area contributed by atoms with Crippen molar-refractivity contribution in [1.82, 2.24) is 19.2 Å². The molecule has 2 aliphatic heterocycles. The molecule has 0 bridgehead atoms. The average molecular weight is 328 g/mol. The van der Waals surface area contributed by atoms with E-state index < -0.39 is 0 Å². The maximum Gasteiger partial charge on any atom is 0.320 e. The van der Waals surface area contributed by atoms with Crippen molar-refractivity contribution in [3.63, 3.8) is 0 Å². The van der Waals surface area contributed by atoms with E-state index in [0.29, 0.717) is 57.0 Å². The van der Waals surface area contributed by atoms with Crippen molar-refractivity contribution in [2.75, 3.05) is 32.8 Å². The number of hydrogen-bond acceptors (Lipinski definition) is 4. The molecule has 7 nitrogen and oxygen atoms in total. The highest BCUT2D eigenvalue weighted by atomic mass is 16.5. The molecule has 0 atom stereocenters. The van der Waals surface area contributed by atoms with Crippen LogP contribution in [0.25, 0.3) is 5.65 Å². The van der Waals surface area contributed by atoms with Gasteiger partial charge in [-0.1, -0.05) is 6.07 Å². The predicted octanol–water partition coefficient (Wildman–Crippen LogP) is 0.813. The minimum Gasteiger partial charge on any atom is -0.378 e. The first-order valence-corrected chi connectivity index (χ1v) is 8.27. The van der Waals surface area contributed by atoms with Gasteiger partial charge in [0.05, 0.1) is 31.0 Å². The molecular formula is C17H20N4O3. The second-order valence-electron chi connectivity index (χ2n) is 6.26. The molecule has 2 aliphatic rings. The topological polar surface area (TPSA) is 67.2 Å². The molecule has 0 unspecified atom stereocenters. The highest BCUT2D eigenvalue weighted by Gasteiger charge is 2.28. The quantitative estimate of drug-likeness (QED) is 0.718. The number of carbonyl (C=O) groups excluding carboxylic acids is 1. The summed E-state index contributed by atoms with van der Waals surface area (Å²) in [5.74, 6) is 0. The van der Waals surface area contributed by atoms with E-state index in [1.807, 2.05) is 25.1 Å². The van der Waals surface area contributed by atoms with Crippen LogP contribution in [-0.4, -0.2) is 58.1 Å². The van der Waals surface area contributed by atoms with Crippen LogP contribution in [0.2, 0.25) is 0 Å². The van der Waals surface area contributed by atoms with Gasteiger partial charge < -0.3 is 14.5 Å². The zero-order valence-electron chi connectivity index (χ0n) is 13.7. The normalized spacial score (nSPS) is 17.9. The maximum atomic E-state index is 12.9. The summed E-state index contributed by atoms with van der Waals surface area (Å²) < 4.78 is 6.92. The van der Waals surface area contributed by atoms with Crippen LogP contribution in [0.15, 0.2) is 23.0 Å². The fraction of sp³-hybridized carbons (Fsp3) is 0.471. The number of aryl methyl sites for hydroxylation is 1. The molecule has 7 heteroatoms. The number of pyridine rings is 1. The Morgan fingerprint density at radius 2 is 1.96 bits per heavy atom. The molecule has 0 spiro atoms. The van der Waals surface area contributed by atoms with Crippen molar-refractivity contribution >= 4 is 11.7 Å². The first kappa shape index (κ1) is 15.1. The molecular weight excluding hydrogens is 308 g/mol. The molecule has 24 heavy (non-hydrogen) atoms. The van der Waals surface area contributed by atoms with Gasteiger partial charge in [-0.3, -0.25) is 9.20 Å². The highest BCUT2D eigenvalue weighted by Crippen LogP contribution is 2.17. The highest BCUT2D eigenvalue weighted by molar-refractivity contribution is 5.75. The minimum absolute atomic E-state index is 0.0155. The summed E-state index contributed by atoms with van der Waals surface area (Å²) >= 11 is 0. The Balaban J connectivity index is 1.68. The lowest BCUT2D eigenvalue weighted by Crippen LogP contribution is -2.50. The Morgan fingerprint density at radius 1 is 1.17 bits per heavy atom. The third kappa shape index (κ3) is 2.45. The molecule has 0 aromatic carbocycles. The van der Waals surface area contributed by atoms with Crippen LogP contribution in [-0.2, 0) is 17.7 Å². The molecule has 126 valence electrons. The van der Waals surface area contributed by atoms with Crippen molar-refractivity contribution in [3.05, 3.63) is 45.5 Å². The summed E-state index contributed by atoms with van der Waals surface area (Å²) in [4.78, 5) is 33.7. The predicted molar refractivity (Wildman–Crippen MR) is 88.1 cm³/mol. The van der Waals surface area contributed by atoms with Crippen LogP contribution >= 0.6 is 0 Å². The van der Waals surface area contributed by atoms with Crippen LogP contribution < -0.4 is 5.56 Å². The van der Waals surface area contributed by atoms with E-state index in [-0.39, 0.29) is 11.6 Å². The molecule has 4 rings (SSSR count). The molecule has 1 fully saturated rings. The molecule has 2 amide bonds. The lowest BCUT2D eigenvalue weighted by molar-refractivity contribution is 0.0420. The van der Waals surface area contributed by atoms with E-state index in [1.165, 1.54) is 0 Å². The lowest BCUT2D eigenvalue weighted by atomic mass is 10.1. The lowest BCUT2D eigenvalue weighted by Gasteiger charge is -2.35. The summed E-state index contributed by atoms with van der Waals surface area (Å²) in [7, 11) is 0. The van der Waals surface area contributed by atoms with E-state index in [2.05, 4.69) is 4.98 Å². The second kappa shape index (κ2) is 5.90. The third-order valence-electron chi connectivity index (χ3n) is 4.74. The smallest absolute Gasteiger partial charge is 0.320 e. The third-order valence-corrected chi connectivity index (χ3v) is 4.74. The maximum absolute atomic E-state index is 12.9. The van der Waals surface area contributed by atoms with E-state index in [1.54, 1.807) is 14.2 Å². The number of ether oxygens (including phenoxy) is 1. The number of nitrogens with zero attached hydrogens (tertiary/aromatic N) is 4. The fourth-order valence-corrected chi connectivity index (χ4v) is 3.41. The van der Waals surface area contributed by atoms with Crippen molar-refractivity contribution in [2.45, 2.75) is 19.9 Å². The van der Waals surface area contributed by atoms with Gasteiger partial charge in [0.25, 0.3) is 5.56 Å². The Morgan fingerprint density at radius 3 is 2.75 bits per heavy atom. The molecule has 0 radical (unpaired) electrons. The molecule has 4 heterocycles. The molecule has 0 N–H and O–H groups in total. The molecule has 0 saturated carbocycles. The summed E-state index contributed by atoms with van der Waals surface area (Å²) in [6.45, 7) is 5.18. The van der Waals surface area contributed by atoms with E-state index in [0.717, 1.165) is 11.4 Å². The van der Waals surface area contributed by atoms with Crippen LogP contribution in [0, 0.1) is 6.92 Å². The average Bonchev–Trinajstić information content (AvgIpc) is 2.62. The van der Waals surface area contributed by atoms with Crippen LogP contribution in [0.4, 0.5) is 4.79 Å². The molecule has 0 aliphatic carbocycles. The van der Waals surface area contributed by atoms with Crippen molar-refractivity contribution in [1.29, 1.82) is 0 Å². The Hall–Kier alpha value is -2.41. The second-order valence-corrected chi connectivity index (χ2v) is 6.26. The van der Waals surface area contributed by atoms with Gasteiger partial charge >= 0.3 is 6.03 Å². The number of carbonyl (C=O) groups is 1. The number of fused-ring (bicyclic) bond motifs is 2. The van der Waals surface area contributed by atoms with Gasteiger partial charge in [0.2, 0.25) is 0 Å².